The molecule has 0 bridgehead atoms. The maximum atomic E-state index is 12.9. The molecule has 1 aliphatic carbocycles. The van der Waals surface area contributed by atoms with Gasteiger partial charge >= 0.3 is 5.97 Å². The van der Waals surface area contributed by atoms with Crippen LogP contribution in [0.15, 0.2) is 48.5 Å². The lowest BCUT2D eigenvalue weighted by Gasteiger charge is -2.30. The molecule has 3 aromatic rings. The van der Waals surface area contributed by atoms with E-state index in [1.165, 1.54) is 16.9 Å². The molecule has 198 valence electrons. The zero-order valence-corrected chi connectivity index (χ0v) is 22.6. The first-order valence-electron chi connectivity index (χ1n) is 12.9. The van der Waals surface area contributed by atoms with Gasteiger partial charge in [0, 0.05) is 24.3 Å². The second-order valence-electron chi connectivity index (χ2n) is 10.9. The van der Waals surface area contributed by atoms with Crippen molar-refractivity contribution in [3.05, 3.63) is 70.1 Å². The summed E-state index contributed by atoms with van der Waals surface area (Å²) in [7, 11) is 0. The van der Waals surface area contributed by atoms with Crippen LogP contribution in [0.25, 0.3) is 10.1 Å². The molecule has 1 aromatic heterocycles. The van der Waals surface area contributed by atoms with Gasteiger partial charge in [-0.05, 0) is 65.3 Å². The van der Waals surface area contributed by atoms with Gasteiger partial charge in [0.1, 0.15) is 12.1 Å². The van der Waals surface area contributed by atoms with Crippen molar-refractivity contribution in [1.29, 1.82) is 0 Å². The third-order valence-electron chi connectivity index (χ3n) is 6.79. The number of fused-ring (bicyclic) bond motifs is 1. The Balaban J connectivity index is 1.27. The van der Waals surface area contributed by atoms with E-state index in [0.717, 1.165) is 53.4 Å². The fourth-order valence-electron chi connectivity index (χ4n) is 4.68. The first-order valence-corrected chi connectivity index (χ1v) is 13.7. The minimum atomic E-state index is -0.488. The summed E-state index contributed by atoms with van der Waals surface area (Å²) in [6.45, 7) is 8.23. The third-order valence-corrected chi connectivity index (χ3v) is 7.88. The van der Waals surface area contributed by atoms with Crippen LogP contribution >= 0.6 is 11.3 Å². The Morgan fingerprint density at radius 2 is 1.59 bits per heavy atom. The van der Waals surface area contributed by atoms with Crippen LogP contribution in [0.5, 0.6) is 0 Å². The van der Waals surface area contributed by atoms with Gasteiger partial charge < -0.3 is 10.1 Å². The molecule has 2 aromatic carbocycles. The zero-order chi connectivity index (χ0) is 26.4. The monoisotopic (exact) mass is 523 g/mol. The Hall–Kier alpha value is -2.78. The van der Waals surface area contributed by atoms with Crippen LogP contribution in [-0.4, -0.2) is 29.2 Å². The largest absolute Gasteiger partial charge is 0.461 e. The normalized spacial score (nSPS) is 15.1. The standard InChI is InChI=1S/C29H37N3O4S/c1-29(2,3)26(28(34)36-23-6-4-5-7-23)31-18-20-10-8-19(9-11-20)16-30-17-21-12-13-22-15-25(27(33)32-35)37-24(22)14-21/h8-15,23,26,30-31,35H,4-7,16-18H2,1-3H3,(H,32,33)/t26-/m1/s1. The van der Waals surface area contributed by atoms with E-state index in [4.69, 9.17) is 9.94 Å². The van der Waals surface area contributed by atoms with Crippen molar-refractivity contribution in [2.45, 2.75) is 78.2 Å². The summed E-state index contributed by atoms with van der Waals surface area (Å²) in [5.74, 6) is -0.633. The summed E-state index contributed by atoms with van der Waals surface area (Å²) in [4.78, 5) is 25.0. The molecule has 1 heterocycles. The van der Waals surface area contributed by atoms with Gasteiger partial charge in [-0.15, -0.1) is 11.3 Å². The fraction of sp³-hybridized carbons (Fsp3) is 0.448. The number of esters is 1. The summed E-state index contributed by atoms with van der Waals surface area (Å²) in [5, 5.41) is 16.7. The van der Waals surface area contributed by atoms with Crippen molar-refractivity contribution in [2.24, 2.45) is 5.41 Å². The minimum absolute atomic E-state index is 0.0726. The SMILES string of the molecule is CC(C)(C)[C@H](NCc1ccc(CNCc2ccc3cc(C(=O)NO)sc3c2)cc1)C(=O)OC1CCCC1. The molecule has 1 atom stereocenters. The molecule has 8 heteroatoms. The van der Waals surface area contributed by atoms with E-state index in [1.54, 1.807) is 11.5 Å². The number of thiophene rings is 1. The second-order valence-corrected chi connectivity index (χ2v) is 12.0. The molecule has 1 aliphatic rings. The highest BCUT2D eigenvalue weighted by Crippen LogP contribution is 2.27. The lowest BCUT2D eigenvalue weighted by atomic mass is 9.86. The number of amides is 1. The highest BCUT2D eigenvalue weighted by molar-refractivity contribution is 7.20. The Labute approximate surface area is 222 Å². The van der Waals surface area contributed by atoms with Gasteiger partial charge in [-0.2, -0.15) is 0 Å². The first kappa shape index (κ1) is 27.3. The van der Waals surface area contributed by atoms with Crippen molar-refractivity contribution in [1.82, 2.24) is 16.1 Å². The minimum Gasteiger partial charge on any atom is -0.461 e. The quantitative estimate of drug-likeness (QED) is 0.164. The van der Waals surface area contributed by atoms with Crippen LogP contribution in [-0.2, 0) is 29.2 Å². The average Bonchev–Trinajstić information content (AvgIpc) is 3.53. The number of nitrogens with one attached hydrogen (secondary N) is 3. The lowest BCUT2D eigenvalue weighted by Crippen LogP contribution is -2.47. The number of carbonyl (C=O) groups excluding carboxylic acids is 2. The molecule has 1 saturated carbocycles. The van der Waals surface area contributed by atoms with E-state index in [9.17, 15) is 9.59 Å². The molecule has 0 aliphatic heterocycles. The van der Waals surface area contributed by atoms with Gasteiger partial charge in [0.05, 0.1) is 4.88 Å². The lowest BCUT2D eigenvalue weighted by molar-refractivity contribution is -0.154. The van der Waals surface area contributed by atoms with Crippen LogP contribution in [0.4, 0.5) is 0 Å². The highest BCUT2D eigenvalue weighted by atomic mass is 32.1. The van der Waals surface area contributed by atoms with Crippen LogP contribution < -0.4 is 16.1 Å². The smallest absolute Gasteiger partial charge is 0.323 e. The van der Waals surface area contributed by atoms with Gasteiger partial charge in [0.2, 0.25) is 0 Å². The topological polar surface area (TPSA) is 99.7 Å². The van der Waals surface area contributed by atoms with Gasteiger partial charge in [-0.25, -0.2) is 5.48 Å². The highest BCUT2D eigenvalue weighted by Gasteiger charge is 2.34. The Morgan fingerprint density at radius 3 is 2.24 bits per heavy atom. The van der Waals surface area contributed by atoms with Gasteiger partial charge in [-0.1, -0.05) is 57.2 Å². The predicted octanol–water partition coefficient (Wildman–Crippen LogP) is 5.30. The van der Waals surface area contributed by atoms with Crippen molar-refractivity contribution >= 4 is 33.3 Å². The molecule has 0 saturated heterocycles. The molecule has 1 amide bonds. The number of ether oxygens (including phenoxy) is 1. The summed E-state index contributed by atoms with van der Waals surface area (Å²) in [5.41, 5.74) is 4.88. The zero-order valence-electron chi connectivity index (χ0n) is 21.8. The number of benzene rings is 2. The average molecular weight is 524 g/mol. The summed E-state index contributed by atoms with van der Waals surface area (Å²) in [6.07, 6.45) is 4.31. The van der Waals surface area contributed by atoms with E-state index >= 15 is 0 Å². The van der Waals surface area contributed by atoms with E-state index < -0.39 is 5.91 Å². The third kappa shape index (κ3) is 7.38. The molecule has 37 heavy (non-hydrogen) atoms. The number of rotatable bonds is 10. The van der Waals surface area contributed by atoms with Crippen molar-refractivity contribution in [2.75, 3.05) is 0 Å². The molecule has 4 rings (SSSR count). The van der Waals surface area contributed by atoms with Gasteiger partial charge in [-0.3, -0.25) is 20.1 Å². The van der Waals surface area contributed by atoms with Crippen molar-refractivity contribution in [3.63, 3.8) is 0 Å². The molecule has 0 radical (unpaired) electrons. The van der Waals surface area contributed by atoms with E-state index in [2.05, 4.69) is 61.7 Å². The number of hydrogen-bond donors (Lipinski definition) is 4. The van der Waals surface area contributed by atoms with E-state index in [-0.39, 0.29) is 23.5 Å². The summed E-state index contributed by atoms with van der Waals surface area (Å²) in [6, 6.07) is 15.9. The molecule has 0 spiro atoms. The molecule has 7 nitrogen and oxygen atoms in total. The van der Waals surface area contributed by atoms with Gasteiger partial charge in [0.25, 0.3) is 5.91 Å². The predicted molar refractivity (Wildman–Crippen MR) is 146 cm³/mol. The van der Waals surface area contributed by atoms with Crippen LogP contribution in [0, 0.1) is 5.41 Å². The molecule has 4 N–H and O–H groups in total. The Morgan fingerprint density at radius 1 is 0.973 bits per heavy atom. The number of hydroxylamine groups is 1. The van der Waals surface area contributed by atoms with E-state index in [1.807, 2.05) is 12.1 Å². The molecular weight excluding hydrogens is 486 g/mol. The maximum absolute atomic E-state index is 12.9. The molecule has 0 unspecified atom stereocenters. The number of carbonyl (C=O) groups is 2. The molecular formula is C29H37N3O4S. The van der Waals surface area contributed by atoms with Crippen LogP contribution in [0.1, 0.15) is 72.8 Å². The molecule has 1 fully saturated rings. The van der Waals surface area contributed by atoms with Crippen molar-refractivity contribution < 1.29 is 19.5 Å². The van der Waals surface area contributed by atoms with Gasteiger partial charge in [0.15, 0.2) is 0 Å². The fourth-order valence-corrected chi connectivity index (χ4v) is 5.70. The summed E-state index contributed by atoms with van der Waals surface area (Å²) < 4.78 is 6.80. The second kappa shape index (κ2) is 12.2. The Kier molecular flexibility index (Phi) is 8.97. The van der Waals surface area contributed by atoms with Crippen LogP contribution in [0.3, 0.4) is 0 Å². The summed E-state index contributed by atoms with van der Waals surface area (Å²) >= 11 is 1.36. The van der Waals surface area contributed by atoms with Crippen LogP contribution in [0.2, 0.25) is 0 Å². The number of hydrogen-bond acceptors (Lipinski definition) is 7. The Bertz CT molecular complexity index is 1210. The van der Waals surface area contributed by atoms with Crippen molar-refractivity contribution in [3.8, 4) is 0 Å². The maximum Gasteiger partial charge on any atom is 0.323 e. The first-order chi connectivity index (χ1) is 17.7. The van der Waals surface area contributed by atoms with E-state index in [0.29, 0.717) is 18.0 Å².